The van der Waals surface area contributed by atoms with Crippen LogP contribution in [-0.4, -0.2) is 19.6 Å². The summed E-state index contributed by atoms with van der Waals surface area (Å²) in [6.07, 6.45) is 0. The number of nitrogens with two attached hydrogens (primary N) is 1. The third-order valence-electron chi connectivity index (χ3n) is 3.54. The number of hydrogen-bond donors (Lipinski definition) is 2. The molecule has 106 valence electrons. The summed E-state index contributed by atoms with van der Waals surface area (Å²) in [5.74, 6) is 0.872. The number of nitrogen functional groups attached to an aromatic ring is 1. The van der Waals surface area contributed by atoms with Crippen molar-refractivity contribution in [3.63, 3.8) is 0 Å². The van der Waals surface area contributed by atoms with Crippen molar-refractivity contribution >= 4 is 11.6 Å². The summed E-state index contributed by atoms with van der Waals surface area (Å²) < 4.78 is 5.07. The molecule has 1 atom stereocenters. The maximum atomic E-state index is 12.0. The first-order valence-corrected chi connectivity index (χ1v) is 6.47. The van der Waals surface area contributed by atoms with Gasteiger partial charge < -0.3 is 15.8 Å². The molecular weight excluding hydrogens is 240 g/mol. The Kier molecular flexibility index (Phi) is 4.81. The molecule has 19 heavy (non-hydrogen) atoms. The van der Waals surface area contributed by atoms with Crippen molar-refractivity contribution < 1.29 is 9.53 Å². The second-order valence-corrected chi connectivity index (χ2v) is 5.93. The number of ether oxygens (including phenoxy) is 1. The molecule has 0 aliphatic rings. The van der Waals surface area contributed by atoms with E-state index in [-0.39, 0.29) is 11.3 Å². The van der Waals surface area contributed by atoms with Gasteiger partial charge in [0.15, 0.2) is 0 Å². The van der Waals surface area contributed by atoms with E-state index in [0.29, 0.717) is 29.5 Å². The third-order valence-corrected chi connectivity index (χ3v) is 3.54. The predicted molar refractivity (Wildman–Crippen MR) is 78.4 cm³/mol. The molecule has 0 saturated carbocycles. The molecule has 1 aromatic rings. The summed E-state index contributed by atoms with van der Waals surface area (Å²) in [6, 6.07) is 5.06. The van der Waals surface area contributed by atoms with E-state index in [1.165, 1.54) is 0 Å². The van der Waals surface area contributed by atoms with E-state index in [0.717, 1.165) is 0 Å². The molecule has 1 amide bonds. The summed E-state index contributed by atoms with van der Waals surface area (Å²) in [4.78, 5) is 12.0. The highest BCUT2D eigenvalue weighted by atomic mass is 16.5. The van der Waals surface area contributed by atoms with Crippen LogP contribution in [0.5, 0.6) is 5.75 Å². The fraction of sp³-hybridized carbons (Fsp3) is 0.533. The standard InChI is InChI=1S/C15H24N2O2/c1-10(15(2,3)4)9-17-14(18)11-6-7-13(19-5)12(16)8-11/h6-8,10H,9,16H2,1-5H3,(H,17,18). The molecule has 0 fully saturated rings. The highest BCUT2D eigenvalue weighted by Crippen LogP contribution is 2.25. The van der Waals surface area contributed by atoms with Gasteiger partial charge in [-0.3, -0.25) is 4.79 Å². The average molecular weight is 264 g/mol. The van der Waals surface area contributed by atoms with E-state index in [9.17, 15) is 4.79 Å². The quantitative estimate of drug-likeness (QED) is 0.822. The van der Waals surface area contributed by atoms with E-state index in [2.05, 4.69) is 33.0 Å². The fourth-order valence-electron chi connectivity index (χ4n) is 1.53. The number of anilines is 1. The molecule has 0 heterocycles. The summed E-state index contributed by atoms with van der Waals surface area (Å²) >= 11 is 0. The van der Waals surface area contributed by atoms with Gasteiger partial charge in [0.1, 0.15) is 5.75 Å². The van der Waals surface area contributed by atoms with Crippen LogP contribution < -0.4 is 15.8 Å². The van der Waals surface area contributed by atoms with Crippen molar-refractivity contribution in [2.75, 3.05) is 19.4 Å². The van der Waals surface area contributed by atoms with Crippen molar-refractivity contribution in [2.24, 2.45) is 11.3 Å². The topological polar surface area (TPSA) is 64.3 Å². The van der Waals surface area contributed by atoms with E-state index in [1.807, 2.05) is 0 Å². The van der Waals surface area contributed by atoms with Crippen LogP contribution >= 0.6 is 0 Å². The zero-order valence-corrected chi connectivity index (χ0v) is 12.4. The lowest BCUT2D eigenvalue weighted by Gasteiger charge is -2.27. The minimum atomic E-state index is -0.106. The second kappa shape index (κ2) is 5.95. The van der Waals surface area contributed by atoms with Gasteiger partial charge in [-0.15, -0.1) is 0 Å². The summed E-state index contributed by atoms with van der Waals surface area (Å²) in [5.41, 5.74) is 6.99. The van der Waals surface area contributed by atoms with Gasteiger partial charge in [-0.2, -0.15) is 0 Å². The number of benzene rings is 1. The van der Waals surface area contributed by atoms with Crippen LogP contribution in [0.4, 0.5) is 5.69 Å². The van der Waals surface area contributed by atoms with E-state index in [4.69, 9.17) is 10.5 Å². The van der Waals surface area contributed by atoms with Gasteiger partial charge in [0.05, 0.1) is 12.8 Å². The van der Waals surface area contributed by atoms with Crippen molar-refractivity contribution in [1.29, 1.82) is 0 Å². The van der Waals surface area contributed by atoms with Crippen molar-refractivity contribution in [2.45, 2.75) is 27.7 Å². The van der Waals surface area contributed by atoms with E-state index >= 15 is 0 Å². The molecule has 0 aliphatic heterocycles. The van der Waals surface area contributed by atoms with Crippen LogP contribution in [0.3, 0.4) is 0 Å². The monoisotopic (exact) mass is 264 g/mol. The molecule has 1 rings (SSSR count). The zero-order chi connectivity index (χ0) is 14.6. The van der Waals surface area contributed by atoms with Crippen LogP contribution in [0.2, 0.25) is 0 Å². The first kappa shape index (κ1) is 15.3. The Bertz CT molecular complexity index is 450. The molecular formula is C15H24N2O2. The Morgan fingerprint density at radius 1 is 1.42 bits per heavy atom. The fourth-order valence-corrected chi connectivity index (χ4v) is 1.53. The van der Waals surface area contributed by atoms with Gasteiger partial charge in [0.25, 0.3) is 5.91 Å². The van der Waals surface area contributed by atoms with Crippen molar-refractivity contribution in [1.82, 2.24) is 5.32 Å². The largest absolute Gasteiger partial charge is 0.495 e. The highest BCUT2D eigenvalue weighted by Gasteiger charge is 2.20. The molecule has 1 aromatic carbocycles. The molecule has 0 radical (unpaired) electrons. The Balaban J connectivity index is 2.67. The molecule has 4 nitrogen and oxygen atoms in total. The second-order valence-electron chi connectivity index (χ2n) is 5.93. The number of rotatable bonds is 4. The first-order chi connectivity index (χ1) is 8.75. The molecule has 0 aromatic heterocycles. The van der Waals surface area contributed by atoms with Gasteiger partial charge in [-0.1, -0.05) is 27.7 Å². The maximum Gasteiger partial charge on any atom is 0.251 e. The van der Waals surface area contributed by atoms with Gasteiger partial charge in [0, 0.05) is 12.1 Å². The maximum absolute atomic E-state index is 12.0. The van der Waals surface area contributed by atoms with Crippen LogP contribution in [0.25, 0.3) is 0 Å². The minimum absolute atomic E-state index is 0.106. The summed E-state index contributed by atoms with van der Waals surface area (Å²) in [6.45, 7) is 9.26. The van der Waals surface area contributed by atoms with Crippen molar-refractivity contribution in [3.8, 4) is 5.75 Å². The normalized spacial score (nSPS) is 12.9. The molecule has 0 saturated heterocycles. The molecule has 1 unspecified atom stereocenters. The van der Waals surface area contributed by atoms with E-state index in [1.54, 1.807) is 25.3 Å². The number of amides is 1. The number of carbonyl (C=O) groups excluding carboxylic acids is 1. The molecule has 3 N–H and O–H groups in total. The Hall–Kier alpha value is -1.71. The van der Waals surface area contributed by atoms with Gasteiger partial charge in [0.2, 0.25) is 0 Å². The molecule has 0 bridgehead atoms. The summed E-state index contributed by atoms with van der Waals surface area (Å²) in [7, 11) is 1.55. The third kappa shape index (κ3) is 4.16. The lowest BCUT2D eigenvalue weighted by molar-refractivity contribution is 0.0937. The van der Waals surface area contributed by atoms with Gasteiger partial charge in [-0.25, -0.2) is 0 Å². The van der Waals surface area contributed by atoms with Crippen LogP contribution in [0.1, 0.15) is 38.1 Å². The van der Waals surface area contributed by atoms with Crippen molar-refractivity contribution in [3.05, 3.63) is 23.8 Å². The number of nitrogens with one attached hydrogen (secondary N) is 1. The van der Waals surface area contributed by atoms with Crippen LogP contribution in [0.15, 0.2) is 18.2 Å². The van der Waals surface area contributed by atoms with Gasteiger partial charge in [-0.05, 0) is 29.5 Å². The Morgan fingerprint density at radius 3 is 2.53 bits per heavy atom. The lowest BCUT2D eigenvalue weighted by atomic mass is 9.82. The predicted octanol–water partition coefficient (Wildman–Crippen LogP) is 2.69. The zero-order valence-electron chi connectivity index (χ0n) is 12.4. The minimum Gasteiger partial charge on any atom is -0.495 e. The van der Waals surface area contributed by atoms with Gasteiger partial charge >= 0.3 is 0 Å². The number of hydrogen-bond acceptors (Lipinski definition) is 3. The molecule has 4 heteroatoms. The first-order valence-electron chi connectivity index (χ1n) is 6.47. The van der Waals surface area contributed by atoms with Crippen LogP contribution in [0, 0.1) is 11.3 Å². The molecule has 0 spiro atoms. The smallest absolute Gasteiger partial charge is 0.251 e. The average Bonchev–Trinajstić information content (AvgIpc) is 2.34. The number of methoxy groups -OCH3 is 1. The lowest BCUT2D eigenvalue weighted by Crippen LogP contribution is -2.33. The Morgan fingerprint density at radius 2 is 2.05 bits per heavy atom. The summed E-state index contributed by atoms with van der Waals surface area (Å²) in [5, 5.41) is 2.93. The SMILES string of the molecule is COc1ccc(C(=O)NCC(C)C(C)(C)C)cc1N. The highest BCUT2D eigenvalue weighted by molar-refractivity contribution is 5.95. The van der Waals surface area contributed by atoms with Crippen LogP contribution in [-0.2, 0) is 0 Å². The van der Waals surface area contributed by atoms with E-state index < -0.39 is 0 Å². The number of carbonyl (C=O) groups is 1. The molecule has 0 aliphatic carbocycles. The Labute approximate surface area is 115 Å².